The molecular formula is C23H25N7. The third-order valence-corrected chi connectivity index (χ3v) is 5.78. The summed E-state index contributed by atoms with van der Waals surface area (Å²) < 4.78 is 0. The smallest absolute Gasteiger partial charge is 0.229 e. The van der Waals surface area contributed by atoms with Crippen LogP contribution in [0.15, 0.2) is 48.7 Å². The third kappa shape index (κ3) is 3.48. The number of benzene rings is 2. The fourth-order valence-electron chi connectivity index (χ4n) is 4.25. The van der Waals surface area contributed by atoms with E-state index in [1.54, 1.807) is 6.20 Å². The minimum Gasteiger partial charge on any atom is -0.383 e. The zero-order valence-electron chi connectivity index (χ0n) is 16.9. The second-order valence-corrected chi connectivity index (χ2v) is 7.83. The summed E-state index contributed by atoms with van der Waals surface area (Å²) in [5.41, 5.74) is 11.0. The lowest BCUT2D eigenvalue weighted by atomic mass is 9.86. The van der Waals surface area contributed by atoms with Crippen LogP contribution in [-0.2, 0) is 0 Å². The number of anilines is 3. The fourth-order valence-corrected chi connectivity index (χ4v) is 4.25. The highest BCUT2D eigenvalue weighted by Crippen LogP contribution is 2.35. The van der Waals surface area contributed by atoms with Crippen molar-refractivity contribution in [2.24, 2.45) is 0 Å². The number of aryl methyl sites for hydroxylation is 1. The van der Waals surface area contributed by atoms with Crippen molar-refractivity contribution >= 4 is 28.2 Å². The highest BCUT2D eigenvalue weighted by atomic mass is 15.1. The van der Waals surface area contributed by atoms with E-state index in [1.165, 1.54) is 29.2 Å². The molecule has 0 amide bonds. The van der Waals surface area contributed by atoms with E-state index in [-0.39, 0.29) is 0 Å². The molecule has 5 rings (SSSR count). The minimum atomic E-state index is 0.398. The molecule has 1 aliphatic rings. The number of nitrogens with zero attached hydrogens (tertiary/aromatic N) is 3. The first-order chi connectivity index (χ1) is 14.7. The minimum absolute atomic E-state index is 0.398. The number of fused-ring (bicyclic) bond motifs is 1. The number of nitrogens with one attached hydrogen (secondary N) is 3. The van der Waals surface area contributed by atoms with Gasteiger partial charge in [0.25, 0.3) is 0 Å². The molecule has 30 heavy (non-hydrogen) atoms. The Kier molecular flexibility index (Phi) is 4.80. The number of rotatable bonds is 4. The van der Waals surface area contributed by atoms with Crippen LogP contribution < -0.4 is 16.4 Å². The van der Waals surface area contributed by atoms with Crippen LogP contribution >= 0.6 is 0 Å². The summed E-state index contributed by atoms with van der Waals surface area (Å²) in [6.45, 7) is 4.10. The molecule has 1 fully saturated rings. The van der Waals surface area contributed by atoms with Crippen molar-refractivity contribution in [3.05, 3.63) is 59.9 Å². The average Bonchev–Trinajstić information content (AvgIpc) is 3.20. The van der Waals surface area contributed by atoms with Gasteiger partial charge in [0.1, 0.15) is 5.82 Å². The molecule has 2 aromatic heterocycles. The first-order valence-electron chi connectivity index (χ1n) is 10.3. The first-order valence-corrected chi connectivity index (χ1v) is 10.3. The van der Waals surface area contributed by atoms with Gasteiger partial charge in [0.05, 0.1) is 11.3 Å². The third-order valence-electron chi connectivity index (χ3n) is 5.78. The number of aromatic amines is 1. The highest BCUT2D eigenvalue weighted by molar-refractivity contribution is 5.97. The largest absolute Gasteiger partial charge is 0.383 e. The van der Waals surface area contributed by atoms with Gasteiger partial charge in [0.2, 0.25) is 5.95 Å². The number of H-pyrrole nitrogens is 1. The number of nitrogens with two attached hydrogens (primary N) is 1. The van der Waals surface area contributed by atoms with Crippen molar-refractivity contribution in [3.63, 3.8) is 0 Å². The second-order valence-electron chi connectivity index (χ2n) is 7.83. The van der Waals surface area contributed by atoms with Gasteiger partial charge in [-0.3, -0.25) is 5.10 Å². The van der Waals surface area contributed by atoms with Crippen molar-refractivity contribution in [1.82, 2.24) is 25.5 Å². The number of hydrogen-bond donors (Lipinski definition) is 4. The molecule has 7 heteroatoms. The van der Waals surface area contributed by atoms with E-state index in [1.807, 2.05) is 13.0 Å². The quantitative estimate of drug-likeness (QED) is 0.411. The predicted molar refractivity (Wildman–Crippen MR) is 121 cm³/mol. The average molecular weight is 400 g/mol. The van der Waals surface area contributed by atoms with Crippen LogP contribution in [0.1, 0.15) is 30.0 Å². The summed E-state index contributed by atoms with van der Waals surface area (Å²) in [6, 6.07) is 14.8. The molecule has 0 atom stereocenters. The maximum absolute atomic E-state index is 6.20. The summed E-state index contributed by atoms with van der Waals surface area (Å²) in [6.07, 6.45) is 4.06. The summed E-state index contributed by atoms with van der Waals surface area (Å²) >= 11 is 0. The molecule has 3 heterocycles. The van der Waals surface area contributed by atoms with Crippen molar-refractivity contribution < 1.29 is 0 Å². The summed E-state index contributed by atoms with van der Waals surface area (Å²) in [5, 5.41) is 16.4. The fraction of sp³-hybridized carbons (Fsp3) is 0.261. The van der Waals surface area contributed by atoms with Crippen molar-refractivity contribution in [3.8, 4) is 11.3 Å². The predicted octanol–water partition coefficient (Wildman–Crippen LogP) is 4.12. The first kappa shape index (κ1) is 18.6. The van der Waals surface area contributed by atoms with Gasteiger partial charge in [-0.1, -0.05) is 30.3 Å². The lowest BCUT2D eigenvalue weighted by Gasteiger charge is -2.25. The zero-order valence-corrected chi connectivity index (χ0v) is 16.9. The Morgan fingerprint density at radius 3 is 2.60 bits per heavy atom. The van der Waals surface area contributed by atoms with Gasteiger partial charge < -0.3 is 16.4 Å². The summed E-state index contributed by atoms with van der Waals surface area (Å²) in [5.74, 6) is 1.46. The number of aromatic nitrogens is 4. The van der Waals surface area contributed by atoms with Crippen LogP contribution in [0.5, 0.6) is 0 Å². The summed E-state index contributed by atoms with van der Waals surface area (Å²) in [7, 11) is 0. The molecular weight excluding hydrogens is 374 g/mol. The Morgan fingerprint density at radius 2 is 1.87 bits per heavy atom. The molecule has 7 nitrogen and oxygen atoms in total. The lowest BCUT2D eigenvalue weighted by Crippen LogP contribution is -2.26. The van der Waals surface area contributed by atoms with Gasteiger partial charge >= 0.3 is 0 Å². The maximum atomic E-state index is 6.20. The van der Waals surface area contributed by atoms with Crippen LogP contribution in [0.3, 0.4) is 0 Å². The Hall–Kier alpha value is -3.45. The molecule has 5 N–H and O–H groups in total. The van der Waals surface area contributed by atoms with Crippen molar-refractivity contribution in [2.75, 3.05) is 24.1 Å². The molecule has 4 aromatic rings. The number of hydrogen-bond acceptors (Lipinski definition) is 6. The monoisotopic (exact) mass is 399 g/mol. The van der Waals surface area contributed by atoms with E-state index in [2.05, 4.69) is 67.2 Å². The zero-order chi connectivity index (χ0) is 20.5. The van der Waals surface area contributed by atoms with Gasteiger partial charge in [0, 0.05) is 23.0 Å². The molecule has 0 unspecified atom stereocenters. The number of piperidine rings is 1. The highest BCUT2D eigenvalue weighted by Gasteiger charge is 2.18. The number of nitrogen functional groups attached to an aromatic ring is 1. The molecule has 2 aromatic carbocycles. The van der Waals surface area contributed by atoms with E-state index >= 15 is 0 Å². The lowest BCUT2D eigenvalue weighted by molar-refractivity contribution is 0.462. The molecule has 1 aliphatic heterocycles. The van der Waals surface area contributed by atoms with Gasteiger partial charge in [-0.25, -0.2) is 4.98 Å². The van der Waals surface area contributed by atoms with Gasteiger partial charge in [-0.05, 0) is 61.9 Å². The van der Waals surface area contributed by atoms with E-state index in [0.29, 0.717) is 17.7 Å². The van der Waals surface area contributed by atoms with Gasteiger partial charge in [0.15, 0.2) is 0 Å². The van der Waals surface area contributed by atoms with Crippen LogP contribution in [0, 0.1) is 6.92 Å². The maximum Gasteiger partial charge on any atom is 0.229 e. The Morgan fingerprint density at radius 1 is 1.07 bits per heavy atom. The Balaban J connectivity index is 1.48. The van der Waals surface area contributed by atoms with Crippen LogP contribution in [0.4, 0.5) is 17.5 Å². The molecule has 0 saturated carbocycles. The van der Waals surface area contributed by atoms with Gasteiger partial charge in [-0.15, -0.1) is 0 Å². The molecule has 1 saturated heterocycles. The van der Waals surface area contributed by atoms with Crippen molar-refractivity contribution in [2.45, 2.75) is 25.7 Å². The standard InChI is InChI=1S/C23H25N7/c1-14-12-21(30-29-14)19-13-26-23(28-22(19)24)27-20-7-6-16(15-8-10-25-11-9-15)17-4-2-3-5-18(17)20/h2-7,12-13,15,25H,8-11H2,1H3,(H,29,30)(H3,24,26,27,28). The van der Waals surface area contributed by atoms with Crippen molar-refractivity contribution in [1.29, 1.82) is 0 Å². The normalized spacial score (nSPS) is 14.8. The van der Waals surface area contributed by atoms with E-state index in [0.717, 1.165) is 35.7 Å². The van der Waals surface area contributed by atoms with E-state index < -0.39 is 0 Å². The SMILES string of the molecule is Cc1cc(-c2cnc(Nc3ccc(C4CCNCC4)c4ccccc34)nc2N)n[nH]1. The molecule has 0 aliphatic carbocycles. The van der Waals surface area contributed by atoms with E-state index in [9.17, 15) is 0 Å². The molecule has 0 spiro atoms. The topological polar surface area (TPSA) is 105 Å². The van der Waals surface area contributed by atoms with Crippen LogP contribution in [-0.4, -0.2) is 33.3 Å². The molecule has 0 radical (unpaired) electrons. The van der Waals surface area contributed by atoms with Gasteiger partial charge in [-0.2, -0.15) is 10.1 Å². The molecule has 0 bridgehead atoms. The second kappa shape index (κ2) is 7.76. The van der Waals surface area contributed by atoms with Crippen LogP contribution in [0.25, 0.3) is 22.0 Å². The summed E-state index contributed by atoms with van der Waals surface area (Å²) in [4.78, 5) is 8.94. The molecule has 152 valence electrons. The van der Waals surface area contributed by atoms with Crippen LogP contribution in [0.2, 0.25) is 0 Å². The Labute approximate surface area is 175 Å². The van der Waals surface area contributed by atoms with E-state index in [4.69, 9.17) is 5.73 Å². The Bertz CT molecular complexity index is 1190.